The van der Waals surface area contributed by atoms with Crippen molar-refractivity contribution in [2.45, 2.75) is 65.0 Å². The summed E-state index contributed by atoms with van der Waals surface area (Å²) in [5.41, 5.74) is -0.398. The van der Waals surface area contributed by atoms with Crippen molar-refractivity contribution in [1.82, 2.24) is 5.32 Å². The molecular formula is C12H23NO2. The third kappa shape index (κ3) is 5.05. The van der Waals surface area contributed by atoms with E-state index in [1.54, 1.807) is 0 Å². The molecule has 1 rings (SSSR count). The van der Waals surface area contributed by atoms with Crippen molar-refractivity contribution in [3.8, 4) is 0 Å². The highest BCUT2D eigenvalue weighted by Crippen LogP contribution is 2.23. The number of hydrogen-bond acceptors (Lipinski definition) is 2. The summed E-state index contributed by atoms with van der Waals surface area (Å²) in [4.78, 5) is 11.5. The molecule has 0 bridgehead atoms. The summed E-state index contributed by atoms with van der Waals surface area (Å²) in [7, 11) is 0. The van der Waals surface area contributed by atoms with Crippen LogP contribution in [-0.2, 0) is 4.74 Å². The number of nitrogens with one attached hydrogen (secondary N) is 1. The minimum Gasteiger partial charge on any atom is -0.444 e. The van der Waals surface area contributed by atoms with Gasteiger partial charge < -0.3 is 10.1 Å². The van der Waals surface area contributed by atoms with Gasteiger partial charge in [-0.15, -0.1) is 0 Å². The van der Waals surface area contributed by atoms with Gasteiger partial charge in [-0.2, -0.15) is 0 Å². The van der Waals surface area contributed by atoms with Crippen molar-refractivity contribution in [3.63, 3.8) is 0 Å². The zero-order chi connectivity index (χ0) is 11.5. The Morgan fingerprint density at radius 2 is 2.00 bits per heavy atom. The Bertz CT molecular complexity index is 220. The molecule has 1 fully saturated rings. The number of amides is 1. The topological polar surface area (TPSA) is 38.3 Å². The summed E-state index contributed by atoms with van der Waals surface area (Å²) in [6.07, 6.45) is 4.39. The zero-order valence-electron chi connectivity index (χ0n) is 10.3. The van der Waals surface area contributed by atoms with Crippen LogP contribution in [0.5, 0.6) is 0 Å². The Morgan fingerprint density at radius 3 is 2.53 bits per heavy atom. The fourth-order valence-electron chi connectivity index (χ4n) is 2.04. The quantitative estimate of drug-likeness (QED) is 0.727. The lowest BCUT2D eigenvalue weighted by molar-refractivity contribution is 0.0486. The smallest absolute Gasteiger partial charge is 0.407 e. The number of carbonyl (C=O) groups excluding carboxylic acids is 1. The van der Waals surface area contributed by atoms with Gasteiger partial charge in [-0.3, -0.25) is 0 Å². The molecule has 2 atom stereocenters. The van der Waals surface area contributed by atoms with E-state index < -0.39 is 5.60 Å². The Labute approximate surface area is 92.6 Å². The minimum atomic E-state index is -0.398. The Morgan fingerprint density at radius 1 is 1.33 bits per heavy atom. The van der Waals surface area contributed by atoms with Crippen LogP contribution in [0.4, 0.5) is 4.79 Å². The maximum atomic E-state index is 11.5. The third-order valence-electron chi connectivity index (χ3n) is 2.66. The zero-order valence-corrected chi connectivity index (χ0v) is 10.3. The Hall–Kier alpha value is -0.730. The first-order valence-electron chi connectivity index (χ1n) is 5.86. The summed E-state index contributed by atoms with van der Waals surface area (Å²) >= 11 is 0. The second-order valence-corrected chi connectivity index (χ2v) is 5.61. The van der Waals surface area contributed by atoms with Crippen LogP contribution in [0.15, 0.2) is 0 Å². The van der Waals surface area contributed by atoms with Gasteiger partial charge >= 0.3 is 6.09 Å². The first-order chi connectivity index (χ1) is 6.87. The second-order valence-electron chi connectivity index (χ2n) is 5.61. The van der Waals surface area contributed by atoms with Gasteiger partial charge in [0.2, 0.25) is 0 Å². The largest absolute Gasteiger partial charge is 0.444 e. The van der Waals surface area contributed by atoms with E-state index in [2.05, 4.69) is 12.2 Å². The summed E-state index contributed by atoms with van der Waals surface area (Å²) in [5, 5.41) is 2.94. The van der Waals surface area contributed by atoms with Gasteiger partial charge in [-0.25, -0.2) is 4.79 Å². The van der Waals surface area contributed by atoms with E-state index in [1.165, 1.54) is 12.8 Å². The van der Waals surface area contributed by atoms with Crippen LogP contribution in [0.2, 0.25) is 0 Å². The van der Waals surface area contributed by atoms with E-state index in [9.17, 15) is 4.79 Å². The van der Waals surface area contributed by atoms with Crippen LogP contribution in [0, 0.1) is 5.92 Å². The SMILES string of the molecule is CC1CCCC(NC(=O)OC(C)(C)C)C1. The van der Waals surface area contributed by atoms with Crippen LogP contribution >= 0.6 is 0 Å². The molecule has 0 aromatic carbocycles. The Kier molecular flexibility index (Phi) is 4.00. The van der Waals surface area contributed by atoms with Crippen LogP contribution in [0.1, 0.15) is 53.4 Å². The summed E-state index contributed by atoms with van der Waals surface area (Å²) in [5.74, 6) is 0.721. The van der Waals surface area contributed by atoms with E-state index in [-0.39, 0.29) is 6.09 Å². The molecule has 1 aliphatic carbocycles. The van der Waals surface area contributed by atoms with Gasteiger partial charge in [-0.1, -0.05) is 19.8 Å². The van der Waals surface area contributed by atoms with Crippen molar-refractivity contribution in [3.05, 3.63) is 0 Å². The number of rotatable bonds is 1. The second kappa shape index (κ2) is 4.86. The van der Waals surface area contributed by atoms with Crippen molar-refractivity contribution in [1.29, 1.82) is 0 Å². The van der Waals surface area contributed by atoms with Gasteiger partial charge in [-0.05, 0) is 39.5 Å². The normalized spacial score (nSPS) is 27.2. The maximum Gasteiger partial charge on any atom is 0.407 e. The lowest BCUT2D eigenvalue weighted by atomic mass is 9.87. The summed E-state index contributed by atoms with van der Waals surface area (Å²) < 4.78 is 5.23. The number of ether oxygens (including phenoxy) is 1. The molecule has 0 radical (unpaired) electrons. The molecule has 3 heteroatoms. The van der Waals surface area contributed by atoms with Gasteiger partial charge in [0.15, 0.2) is 0 Å². The van der Waals surface area contributed by atoms with E-state index in [1.807, 2.05) is 20.8 Å². The molecule has 0 aliphatic heterocycles. The van der Waals surface area contributed by atoms with Crippen LogP contribution in [0.25, 0.3) is 0 Å². The van der Waals surface area contributed by atoms with E-state index in [0.717, 1.165) is 18.8 Å². The molecule has 0 spiro atoms. The first-order valence-corrected chi connectivity index (χ1v) is 5.86. The summed E-state index contributed by atoms with van der Waals surface area (Å²) in [6.45, 7) is 7.89. The predicted octanol–water partition coefficient (Wildman–Crippen LogP) is 3.09. The van der Waals surface area contributed by atoms with E-state index in [4.69, 9.17) is 4.74 Å². The highest BCUT2D eigenvalue weighted by atomic mass is 16.6. The van der Waals surface area contributed by atoms with Crippen molar-refractivity contribution in [2.24, 2.45) is 5.92 Å². The van der Waals surface area contributed by atoms with Crippen molar-refractivity contribution >= 4 is 6.09 Å². The van der Waals surface area contributed by atoms with Crippen molar-refractivity contribution in [2.75, 3.05) is 0 Å². The number of alkyl carbamates (subject to hydrolysis) is 1. The van der Waals surface area contributed by atoms with E-state index >= 15 is 0 Å². The molecule has 0 heterocycles. The van der Waals surface area contributed by atoms with Gasteiger partial charge in [0, 0.05) is 6.04 Å². The highest BCUT2D eigenvalue weighted by molar-refractivity contribution is 5.68. The third-order valence-corrected chi connectivity index (χ3v) is 2.66. The van der Waals surface area contributed by atoms with Crippen LogP contribution in [-0.4, -0.2) is 17.7 Å². The molecular weight excluding hydrogens is 190 g/mol. The fourth-order valence-corrected chi connectivity index (χ4v) is 2.04. The molecule has 88 valence electrons. The average molecular weight is 213 g/mol. The molecule has 2 unspecified atom stereocenters. The molecule has 0 saturated heterocycles. The lowest BCUT2D eigenvalue weighted by Gasteiger charge is -2.28. The number of carbonyl (C=O) groups is 1. The molecule has 15 heavy (non-hydrogen) atoms. The van der Waals surface area contributed by atoms with Gasteiger partial charge in [0.1, 0.15) is 5.60 Å². The maximum absolute atomic E-state index is 11.5. The molecule has 0 aromatic heterocycles. The molecule has 1 aliphatic rings. The monoisotopic (exact) mass is 213 g/mol. The number of hydrogen-bond donors (Lipinski definition) is 1. The van der Waals surface area contributed by atoms with Crippen LogP contribution < -0.4 is 5.32 Å². The molecule has 1 saturated carbocycles. The molecule has 3 nitrogen and oxygen atoms in total. The highest BCUT2D eigenvalue weighted by Gasteiger charge is 2.23. The average Bonchev–Trinajstić information content (AvgIpc) is 1.99. The van der Waals surface area contributed by atoms with Gasteiger partial charge in [0.05, 0.1) is 0 Å². The fraction of sp³-hybridized carbons (Fsp3) is 0.917. The molecule has 1 N–H and O–H groups in total. The predicted molar refractivity (Wildman–Crippen MR) is 60.8 cm³/mol. The van der Waals surface area contributed by atoms with Crippen LogP contribution in [0.3, 0.4) is 0 Å². The lowest BCUT2D eigenvalue weighted by Crippen LogP contribution is -2.41. The summed E-state index contributed by atoms with van der Waals surface area (Å²) in [6, 6.07) is 0.309. The van der Waals surface area contributed by atoms with Crippen molar-refractivity contribution < 1.29 is 9.53 Å². The molecule has 1 amide bonds. The standard InChI is InChI=1S/C12H23NO2/c1-9-6-5-7-10(8-9)13-11(14)15-12(2,3)4/h9-10H,5-8H2,1-4H3,(H,13,14). The first kappa shape index (κ1) is 12.3. The Balaban J connectivity index is 2.31. The van der Waals surface area contributed by atoms with E-state index in [0.29, 0.717) is 6.04 Å². The minimum absolute atomic E-state index is 0.276. The molecule has 0 aromatic rings. The van der Waals surface area contributed by atoms with Gasteiger partial charge in [0.25, 0.3) is 0 Å².